The largest absolute Gasteiger partial charge is 0.464 e. The number of furan rings is 1. The molecule has 0 radical (unpaired) electrons. The van der Waals surface area contributed by atoms with Gasteiger partial charge in [-0.15, -0.1) is 0 Å². The minimum Gasteiger partial charge on any atom is -0.464 e. The maximum Gasteiger partial charge on any atom is 0.122 e. The fourth-order valence-electron chi connectivity index (χ4n) is 3.56. The predicted octanol–water partition coefficient (Wildman–Crippen LogP) is 2.76. The van der Waals surface area contributed by atoms with Crippen molar-refractivity contribution in [1.82, 2.24) is 4.90 Å². The molecule has 5 unspecified atom stereocenters. The van der Waals surface area contributed by atoms with Crippen molar-refractivity contribution in [3.8, 4) is 0 Å². The molecule has 2 N–H and O–H groups in total. The number of nitrogens with two attached hydrogens (primary N) is 1. The van der Waals surface area contributed by atoms with E-state index in [1.54, 1.807) is 0 Å². The van der Waals surface area contributed by atoms with Crippen LogP contribution in [0.1, 0.15) is 50.2 Å². The lowest BCUT2D eigenvalue weighted by Crippen LogP contribution is -2.47. The van der Waals surface area contributed by atoms with E-state index in [2.05, 4.69) is 30.9 Å². The van der Waals surface area contributed by atoms with Crippen molar-refractivity contribution in [3.63, 3.8) is 0 Å². The first-order chi connectivity index (χ1) is 10.1. The van der Waals surface area contributed by atoms with E-state index >= 15 is 0 Å². The molecule has 0 spiro atoms. The Morgan fingerprint density at radius 1 is 1.38 bits per heavy atom. The minimum atomic E-state index is 0.179. The highest BCUT2D eigenvalue weighted by Crippen LogP contribution is 2.47. The Hall–Kier alpha value is -0.840. The standard InChI is InChI=1S/C17H28N2O2/c1-11-6-7-19(10-17(11)20-3)14(9-18)16-5-4-15(21-16)13-8-12(13)2/h4-5,11-14,17H,6-10,18H2,1-3H3. The molecule has 21 heavy (non-hydrogen) atoms. The number of methoxy groups -OCH3 is 1. The molecule has 1 aromatic heterocycles. The average Bonchev–Trinajstić information content (AvgIpc) is 3.02. The predicted molar refractivity (Wildman–Crippen MR) is 83.2 cm³/mol. The fraction of sp³-hybridized carbons (Fsp3) is 0.765. The van der Waals surface area contributed by atoms with Crippen molar-refractivity contribution in [3.05, 3.63) is 23.7 Å². The van der Waals surface area contributed by atoms with Gasteiger partial charge in [-0.05, 0) is 43.4 Å². The van der Waals surface area contributed by atoms with E-state index in [4.69, 9.17) is 14.9 Å². The first-order valence-corrected chi connectivity index (χ1v) is 8.20. The molecule has 1 aromatic rings. The van der Waals surface area contributed by atoms with Crippen LogP contribution >= 0.6 is 0 Å². The maximum atomic E-state index is 6.12. The lowest BCUT2D eigenvalue weighted by atomic mass is 9.94. The summed E-state index contributed by atoms with van der Waals surface area (Å²) in [4.78, 5) is 2.42. The highest BCUT2D eigenvalue weighted by atomic mass is 16.5. The van der Waals surface area contributed by atoms with Gasteiger partial charge in [0, 0.05) is 26.1 Å². The molecule has 0 bridgehead atoms. The van der Waals surface area contributed by atoms with Crippen molar-refractivity contribution < 1.29 is 9.15 Å². The Bertz CT molecular complexity index is 473. The minimum absolute atomic E-state index is 0.179. The Balaban J connectivity index is 1.71. The van der Waals surface area contributed by atoms with Crippen LogP contribution in [0.15, 0.2) is 16.5 Å². The van der Waals surface area contributed by atoms with Crippen LogP contribution < -0.4 is 5.73 Å². The van der Waals surface area contributed by atoms with E-state index in [-0.39, 0.29) is 6.04 Å². The quantitative estimate of drug-likeness (QED) is 0.906. The summed E-state index contributed by atoms with van der Waals surface area (Å²) in [6.45, 7) is 7.15. The van der Waals surface area contributed by atoms with Crippen LogP contribution in [-0.2, 0) is 4.74 Å². The topological polar surface area (TPSA) is 51.6 Å². The molecule has 1 saturated heterocycles. The van der Waals surface area contributed by atoms with Gasteiger partial charge in [0.05, 0.1) is 12.1 Å². The highest BCUT2D eigenvalue weighted by Gasteiger charge is 2.38. The zero-order valence-electron chi connectivity index (χ0n) is 13.4. The molecule has 0 amide bonds. The van der Waals surface area contributed by atoms with Gasteiger partial charge in [0.15, 0.2) is 0 Å². The summed E-state index contributed by atoms with van der Waals surface area (Å²) >= 11 is 0. The number of hydrogen-bond donors (Lipinski definition) is 1. The summed E-state index contributed by atoms with van der Waals surface area (Å²) in [6.07, 6.45) is 2.71. The van der Waals surface area contributed by atoms with Crippen molar-refractivity contribution >= 4 is 0 Å². The molecular formula is C17H28N2O2. The van der Waals surface area contributed by atoms with Crippen LogP contribution in [-0.4, -0.2) is 37.7 Å². The van der Waals surface area contributed by atoms with Crippen molar-refractivity contribution in [1.29, 1.82) is 0 Å². The smallest absolute Gasteiger partial charge is 0.122 e. The Morgan fingerprint density at radius 3 is 2.76 bits per heavy atom. The van der Waals surface area contributed by atoms with Gasteiger partial charge in [-0.25, -0.2) is 0 Å². The zero-order chi connectivity index (χ0) is 15.0. The number of piperidine rings is 1. The van der Waals surface area contributed by atoms with Gasteiger partial charge in [0.1, 0.15) is 11.5 Å². The Kier molecular flexibility index (Phi) is 4.38. The molecule has 2 heterocycles. The van der Waals surface area contributed by atoms with Gasteiger partial charge in [-0.3, -0.25) is 4.90 Å². The zero-order valence-corrected chi connectivity index (χ0v) is 13.4. The second-order valence-electron chi connectivity index (χ2n) is 6.85. The molecule has 1 saturated carbocycles. The normalized spacial score (nSPS) is 34.9. The van der Waals surface area contributed by atoms with Crippen LogP contribution in [0.4, 0.5) is 0 Å². The van der Waals surface area contributed by atoms with E-state index < -0.39 is 0 Å². The van der Waals surface area contributed by atoms with Gasteiger partial charge in [-0.1, -0.05) is 13.8 Å². The SMILES string of the molecule is COC1CN(C(CN)c2ccc(C3CC3C)o2)CCC1C. The number of nitrogens with zero attached hydrogens (tertiary/aromatic N) is 1. The molecule has 118 valence electrons. The number of rotatable bonds is 5. The van der Waals surface area contributed by atoms with Gasteiger partial charge in [-0.2, -0.15) is 0 Å². The molecule has 4 heteroatoms. The van der Waals surface area contributed by atoms with Crippen molar-refractivity contribution in [2.45, 2.75) is 44.8 Å². The van der Waals surface area contributed by atoms with Gasteiger partial charge >= 0.3 is 0 Å². The molecule has 4 nitrogen and oxygen atoms in total. The fourth-order valence-corrected chi connectivity index (χ4v) is 3.56. The third-order valence-corrected chi connectivity index (χ3v) is 5.34. The molecule has 0 aromatic carbocycles. The summed E-state index contributed by atoms with van der Waals surface area (Å²) < 4.78 is 11.7. The molecule has 2 fully saturated rings. The van der Waals surface area contributed by atoms with Gasteiger partial charge < -0.3 is 14.9 Å². The van der Waals surface area contributed by atoms with Crippen LogP contribution in [0.2, 0.25) is 0 Å². The van der Waals surface area contributed by atoms with Crippen LogP contribution in [0.3, 0.4) is 0 Å². The second-order valence-corrected chi connectivity index (χ2v) is 6.85. The molecule has 1 aliphatic heterocycles. The number of hydrogen-bond acceptors (Lipinski definition) is 4. The first kappa shape index (κ1) is 15.1. The molecule has 3 rings (SSSR count). The number of ether oxygens (including phenoxy) is 1. The van der Waals surface area contributed by atoms with E-state index in [1.807, 2.05) is 7.11 Å². The number of likely N-dealkylation sites (tertiary alicyclic amines) is 1. The first-order valence-electron chi connectivity index (χ1n) is 8.20. The highest BCUT2D eigenvalue weighted by molar-refractivity contribution is 5.19. The van der Waals surface area contributed by atoms with Crippen molar-refractivity contribution in [2.24, 2.45) is 17.6 Å². The maximum absolute atomic E-state index is 6.12. The van der Waals surface area contributed by atoms with E-state index in [1.165, 1.54) is 6.42 Å². The molecule has 5 atom stereocenters. The van der Waals surface area contributed by atoms with Gasteiger partial charge in [0.2, 0.25) is 0 Å². The van der Waals surface area contributed by atoms with E-state index in [0.29, 0.717) is 24.5 Å². The third-order valence-electron chi connectivity index (χ3n) is 5.34. The molecular weight excluding hydrogens is 264 g/mol. The average molecular weight is 292 g/mol. The van der Waals surface area contributed by atoms with E-state index in [9.17, 15) is 0 Å². The Morgan fingerprint density at radius 2 is 2.14 bits per heavy atom. The summed E-state index contributed by atoms with van der Waals surface area (Å²) in [6, 6.07) is 4.45. The van der Waals surface area contributed by atoms with Crippen LogP contribution in [0, 0.1) is 11.8 Å². The lowest BCUT2D eigenvalue weighted by Gasteiger charge is -2.39. The second kappa shape index (κ2) is 6.11. The van der Waals surface area contributed by atoms with Crippen LogP contribution in [0.25, 0.3) is 0 Å². The van der Waals surface area contributed by atoms with E-state index in [0.717, 1.165) is 36.9 Å². The molecule has 1 aliphatic carbocycles. The lowest BCUT2D eigenvalue weighted by molar-refractivity contribution is -0.0211. The summed E-state index contributed by atoms with van der Waals surface area (Å²) in [5, 5.41) is 0. The summed E-state index contributed by atoms with van der Waals surface area (Å²) in [5.74, 6) is 4.18. The monoisotopic (exact) mass is 292 g/mol. The summed E-state index contributed by atoms with van der Waals surface area (Å²) in [5.41, 5.74) is 6.04. The Labute approximate surface area is 127 Å². The molecule has 2 aliphatic rings. The third kappa shape index (κ3) is 3.03. The van der Waals surface area contributed by atoms with Crippen LogP contribution in [0.5, 0.6) is 0 Å². The van der Waals surface area contributed by atoms with Gasteiger partial charge in [0.25, 0.3) is 0 Å². The van der Waals surface area contributed by atoms with Crippen molar-refractivity contribution in [2.75, 3.05) is 26.7 Å². The summed E-state index contributed by atoms with van der Waals surface area (Å²) in [7, 11) is 1.81.